The lowest BCUT2D eigenvalue weighted by molar-refractivity contribution is -0.188. The van der Waals surface area contributed by atoms with Gasteiger partial charge in [0.05, 0.1) is 31.8 Å². The summed E-state index contributed by atoms with van der Waals surface area (Å²) >= 11 is 0. The minimum atomic E-state index is -0.559. The summed E-state index contributed by atoms with van der Waals surface area (Å²) in [6.07, 6.45) is 3.37. The molecule has 0 saturated carbocycles. The quantitative estimate of drug-likeness (QED) is 0.533. The maximum atomic E-state index is 14.4. The van der Waals surface area contributed by atoms with Crippen molar-refractivity contribution in [2.45, 2.75) is 30.6 Å². The lowest BCUT2D eigenvalue weighted by Gasteiger charge is -2.45. The normalized spacial score (nSPS) is 23.1. The Bertz CT molecular complexity index is 1320. The molecule has 2 saturated heterocycles. The number of nitrogens with zero attached hydrogens (tertiary/aromatic N) is 3. The summed E-state index contributed by atoms with van der Waals surface area (Å²) in [5.41, 5.74) is 3.42. The Morgan fingerprint density at radius 2 is 1.73 bits per heavy atom. The van der Waals surface area contributed by atoms with Gasteiger partial charge in [0, 0.05) is 74.9 Å². The highest BCUT2D eigenvalue weighted by Gasteiger charge is 2.48. The van der Waals surface area contributed by atoms with Gasteiger partial charge in [-0.15, -0.1) is 0 Å². The van der Waals surface area contributed by atoms with Crippen molar-refractivity contribution in [3.8, 4) is 0 Å². The fourth-order valence-electron chi connectivity index (χ4n) is 6.30. The molecule has 0 N–H and O–H groups in total. The molecular formula is C29H33N3O5. The maximum absolute atomic E-state index is 14.4. The Morgan fingerprint density at radius 1 is 1.03 bits per heavy atom. The molecule has 8 heteroatoms. The standard InChI is InChI=1S/C29H33N3O5/c1-30-19-23(20-7-5-6-10-24(20)30)26-25(28(34)31-13-11-29(12-14-31)36-17-18-37-29)21-8-3-4-9-22(21)27(33)32(26)15-16-35-2/h3-10,19,25-26H,11-18H2,1-2H3. The molecule has 8 nitrogen and oxygen atoms in total. The summed E-state index contributed by atoms with van der Waals surface area (Å²) in [5.74, 6) is -1.12. The average Bonchev–Trinajstić information content (AvgIpc) is 3.52. The van der Waals surface area contributed by atoms with Crippen LogP contribution in [0.4, 0.5) is 0 Å². The fraction of sp³-hybridized carbons (Fsp3) is 0.448. The number of piperidine rings is 1. The summed E-state index contributed by atoms with van der Waals surface area (Å²) in [7, 11) is 3.64. The molecule has 2 atom stereocenters. The molecule has 3 aliphatic heterocycles. The van der Waals surface area contributed by atoms with Crippen LogP contribution in [0.2, 0.25) is 0 Å². The van der Waals surface area contributed by atoms with Gasteiger partial charge in [0.2, 0.25) is 5.91 Å². The lowest BCUT2D eigenvalue weighted by Crippen LogP contribution is -2.52. The summed E-state index contributed by atoms with van der Waals surface area (Å²) in [4.78, 5) is 32.1. The van der Waals surface area contributed by atoms with Crippen molar-refractivity contribution in [2.24, 2.45) is 7.05 Å². The molecule has 0 aliphatic carbocycles. The van der Waals surface area contributed by atoms with E-state index in [1.807, 2.05) is 53.2 Å². The van der Waals surface area contributed by atoms with E-state index in [-0.39, 0.29) is 11.8 Å². The van der Waals surface area contributed by atoms with Crippen LogP contribution in [-0.4, -0.2) is 78.5 Å². The Balaban J connectivity index is 1.46. The van der Waals surface area contributed by atoms with Gasteiger partial charge in [0.15, 0.2) is 5.79 Å². The predicted octanol–water partition coefficient (Wildman–Crippen LogP) is 3.47. The van der Waals surface area contributed by atoms with Crippen LogP contribution in [0, 0.1) is 0 Å². The zero-order valence-electron chi connectivity index (χ0n) is 21.4. The van der Waals surface area contributed by atoms with Gasteiger partial charge >= 0.3 is 0 Å². The van der Waals surface area contributed by atoms with Gasteiger partial charge in [-0.05, 0) is 17.7 Å². The van der Waals surface area contributed by atoms with Gasteiger partial charge in [-0.2, -0.15) is 0 Å². The number of carbonyl (C=O) groups is 2. The number of rotatable bonds is 5. The minimum absolute atomic E-state index is 0.0353. The minimum Gasteiger partial charge on any atom is -0.383 e. The SMILES string of the molecule is COCCN1C(=O)c2ccccc2C(C(=O)N2CCC3(CC2)OCCO3)C1c1cn(C)c2ccccc12. The highest BCUT2D eigenvalue weighted by atomic mass is 16.7. The Hall–Kier alpha value is -3.20. The third-order valence-corrected chi connectivity index (χ3v) is 8.14. The van der Waals surface area contributed by atoms with Crippen molar-refractivity contribution in [1.29, 1.82) is 0 Å². The summed E-state index contributed by atoms with van der Waals surface area (Å²) in [6.45, 7) is 3.11. The van der Waals surface area contributed by atoms with Gasteiger partial charge in [-0.1, -0.05) is 36.4 Å². The van der Waals surface area contributed by atoms with Crippen molar-refractivity contribution in [3.63, 3.8) is 0 Å². The number of aryl methyl sites for hydroxylation is 1. The topological polar surface area (TPSA) is 73.2 Å². The lowest BCUT2D eigenvalue weighted by atomic mass is 9.78. The number of benzene rings is 2. The number of methoxy groups -OCH3 is 1. The first-order chi connectivity index (χ1) is 18.0. The zero-order chi connectivity index (χ0) is 25.6. The smallest absolute Gasteiger partial charge is 0.254 e. The molecule has 2 unspecified atom stereocenters. The van der Waals surface area contributed by atoms with Gasteiger partial charge in [0.1, 0.15) is 0 Å². The van der Waals surface area contributed by atoms with Crippen molar-refractivity contribution < 1.29 is 23.8 Å². The monoisotopic (exact) mass is 503 g/mol. The van der Waals surface area contributed by atoms with Crippen molar-refractivity contribution in [3.05, 3.63) is 71.4 Å². The number of amides is 2. The number of aromatic nitrogens is 1. The summed E-state index contributed by atoms with van der Waals surface area (Å²) in [5, 5.41) is 1.05. The molecule has 4 heterocycles. The second kappa shape index (κ2) is 9.59. The molecule has 3 aliphatic rings. The van der Waals surface area contributed by atoms with Crippen LogP contribution in [0.25, 0.3) is 10.9 Å². The molecular weight excluding hydrogens is 470 g/mol. The number of hydrogen-bond acceptors (Lipinski definition) is 5. The highest BCUT2D eigenvalue weighted by molar-refractivity contribution is 6.02. The van der Waals surface area contributed by atoms with E-state index in [1.165, 1.54) is 0 Å². The summed E-state index contributed by atoms with van der Waals surface area (Å²) in [6, 6.07) is 15.3. The Morgan fingerprint density at radius 3 is 2.49 bits per heavy atom. The van der Waals surface area contributed by atoms with Crippen LogP contribution in [-0.2, 0) is 26.1 Å². The molecule has 0 radical (unpaired) electrons. The van der Waals surface area contributed by atoms with Crippen LogP contribution in [0.1, 0.15) is 46.3 Å². The Labute approximate surface area is 216 Å². The number of fused-ring (bicyclic) bond motifs is 2. The Kier molecular flexibility index (Phi) is 6.26. The molecule has 1 aromatic heterocycles. The number of para-hydroxylation sites is 1. The first-order valence-electron chi connectivity index (χ1n) is 13.0. The van der Waals surface area contributed by atoms with E-state index < -0.39 is 17.7 Å². The average molecular weight is 504 g/mol. The van der Waals surface area contributed by atoms with Gasteiger partial charge in [0.25, 0.3) is 5.91 Å². The van der Waals surface area contributed by atoms with Gasteiger partial charge < -0.3 is 28.6 Å². The van der Waals surface area contributed by atoms with Crippen molar-refractivity contribution in [1.82, 2.24) is 14.4 Å². The first-order valence-corrected chi connectivity index (χ1v) is 13.0. The van der Waals surface area contributed by atoms with Crippen LogP contribution in [0.3, 0.4) is 0 Å². The molecule has 2 fully saturated rings. The van der Waals surface area contributed by atoms with E-state index >= 15 is 0 Å². The first kappa shape index (κ1) is 24.2. The molecule has 194 valence electrons. The zero-order valence-corrected chi connectivity index (χ0v) is 21.4. The largest absolute Gasteiger partial charge is 0.383 e. The van der Waals surface area contributed by atoms with E-state index in [2.05, 4.69) is 22.9 Å². The second-order valence-corrected chi connectivity index (χ2v) is 10.1. The van der Waals surface area contributed by atoms with E-state index in [4.69, 9.17) is 14.2 Å². The number of likely N-dealkylation sites (tertiary alicyclic amines) is 1. The van der Waals surface area contributed by atoms with Crippen LogP contribution < -0.4 is 0 Å². The third-order valence-electron chi connectivity index (χ3n) is 8.14. The molecule has 37 heavy (non-hydrogen) atoms. The molecule has 1 spiro atoms. The van der Waals surface area contributed by atoms with Crippen molar-refractivity contribution in [2.75, 3.05) is 46.6 Å². The van der Waals surface area contributed by atoms with E-state index in [0.29, 0.717) is 57.9 Å². The maximum Gasteiger partial charge on any atom is 0.254 e. The van der Waals surface area contributed by atoms with Crippen molar-refractivity contribution >= 4 is 22.7 Å². The van der Waals surface area contributed by atoms with Gasteiger partial charge in [-0.3, -0.25) is 9.59 Å². The molecule has 0 bridgehead atoms. The molecule has 6 rings (SSSR count). The fourth-order valence-corrected chi connectivity index (χ4v) is 6.30. The van der Waals surface area contributed by atoms with E-state index in [1.54, 1.807) is 7.11 Å². The number of carbonyl (C=O) groups excluding carboxylic acids is 2. The number of ether oxygens (including phenoxy) is 3. The van der Waals surface area contributed by atoms with Crippen LogP contribution >= 0.6 is 0 Å². The molecule has 3 aromatic rings. The number of hydrogen-bond donors (Lipinski definition) is 0. The summed E-state index contributed by atoms with van der Waals surface area (Å²) < 4.78 is 19.3. The van der Waals surface area contributed by atoms with Crippen LogP contribution in [0.15, 0.2) is 54.7 Å². The van der Waals surface area contributed by atoms with Gasteiger partial charge in [-0.25, -0.2) is 0 Å². The molecule has 2 aromatic carbocycles. The highest BCUT2D eigenvalue weighted by Crippen LogP contribution is 2.46. The second-order valence-electron chi connectivity index (χ2n) is 10.1. The van der Waals surface area contributed by atoms with Crippen LogP contribution in [0.5, 0.6) is 0 Å². The van der Waals surface area contributed by atoms with E-state index in [9.17, 15) is 9.59 Å². The predicted molar refractivity (Wildman–Crippen MR) is 138 cm³/mol. The van der Waals surface area contributed by atoms with E-state index in [0.717, 1.165) is 22.0 Å². The molecule has 2 amide bonds. The third kappa shape index (κ3) is 4.04.